The number of ether oxygens (including phenoxy) is 1. The predicted octanol–water partition coefficient (Wildman–Crippen LogP) is 1.46. The van der Waals surface area contributed by atoms with Crippen LogP contribution in [0, 0.1) is 0 Å². The molecule has 2 N–H and O–H groups in total. The van der Waals surface area contributed by atoms with E-state index in [0.717, 1.165) is 6.21 Å². The van der Waals surface area contributed by atoms with Crippen LogP contribution >= 0.6 is 11.3 Å². The van der Waals surface area contributed by atoms with Crippen molar-refractivity contribution in [3.8, 4) is 0 Å². The van der Waals surface area contributed by atoms with E-state index >= 15 is 0 Å². The molecule has 0 aliphatic carbocycles. The number of hydrogen-bond acceptors (Lipinski definition) is 5. The molecule has 0 aromatic carbocycles. The van der Waals surface area contributed by atoms with Gasteiger partial charge in [-0.25, -0.2) is 4.98 Å². The number of amides is 1. The lowest BCUT2D eigenvalue weighted by Gasteiger charge is -2.32. The number of alkyl halides is 2. The Labute approximate surface area is 111 Å². The molecule has 8 heteroatoms. The van der Waals surface area contributed by atoms with Crippen LogP contribution in [-0.4, -0.2) is 29.8 Å². The number of aliphatic imine (C=N–C) groups is 1. The molecular formula is C11H11F2N3O2S. The summed E-state index contributed by atoms with van der Waals surface area (Å²) < 4.78 is 28.8. The van der Waals surface area contributed by atoms with Gasteiger partial charge in [-0.05, 0) is 13.0 Å². The van der Waals surface area contributed by atoms with Gasteiger partial charge in [-0.15, -0.1) is 11.3 Å². The van der Waals surface area contributed by atoms with Crippen LogP contribution in [0.15, 0.2) is 27.7 Å². The van der Waals surface area contributed by atoms with Gasteiger partial charge in [0.2, 0.25) is 5.91 Å². The molecule has 1 amide bonds. The highest BCUT2D eigenvalue weighted by Gasteiger charge is 2.42. The lowest BCUT2D eigenvalue weighted by Crippen LogP contribution is -2.45. The standard InChI is InChI=1S/C11H11F2N3O2S/c1-11(7-4-19-5-16-7)2-6(18-10(12)13)3-15-8(11)9(14)17/h2-5,8,10H,1H3,(H2,14,17). The number of nitrogens with zero attached hydrogens (tertiary/aromatic N) is 2. The van der Waals surface area contributed by atoms with Crippen LogP contribution in [-0.2, 0) is 14.9 Å². The number of dihydropyridines is 1. The number of primary amides is 1. The van der Waals surface area contributed by atoms with Crippen molar-refractivity contribution >= 4 is 23.5 Å². The molecule has 0 saturated carbocycles. The summed E-state index contributed by atoms with van der Waals surface area (Å²) in [5.74, 6) is -0.762. The van der Waals surface area contributed by atoms with Crippen molar-refractivity contribution in [2.75, 3.05) is 0 Å². The summed E-state index contributed by atoms with van der Waals surface area (Å²) in [5.41, 5.74) is 6.42. The highest BCUT2D eigenvalue weighted by molar-refractivity contribution is 7.07. The van der Waals surface area contributed by atoms with Gasteiger partial charge in [0, 0.05) is 5.38 Å². The molecule has 0 radical (unpaired) electrons. The second-order valence-electron chi connectivity index (χ2n) is 4.16. The third kappa shape index (κ3) is 2.62. The van der Waals surface area contributed by atoms with E-state index < -0.39 is 24.0 Å². The first kappa shape index (κ1) is 13.6. The first-order chi connectivity index (χ1) is 8.93. The van der Waals surface area contributed by atoms with Crippen LogP contribution in [0.1, 0.15) is 12.6 Å². The van der Waals surface area contributed by atoms with E-state index in [1.807, 2.05) is 0 Å². The predicted molar refractivity (Wildman–Crippen MR) is 66.1 cm³/mol. The van der Waals surface area contributed by atoms with E-state index in [2.05, 4.69) is 14.7 Å². The smallest absolute Gasteiger partial charge is 0.387 e. The fourth-order valence-corrected chi connectivity index (χ4v) is 2.62. The number of allylic oxidation sites excluding steroid dienone is 1. The normalized spacial score (nSPS) is 26.3. The van der Waals surface area contributed by atoms with Gasteiger partial charge in [-0.3, -0.25) is 9.79 Å². The van der Waals surface area contributed by atoms with Crippen molar-refractivity contribution in [3.05, 3.63) is 28.4 Å². The van der Waals surface area contributed by atoms with Crippen molar-refractivity contribution in [1.29, 1.82) is 0 Å². The maximum absolute atomic E-state index is 12.2. The molecule has 5 nitrogen and oxygen atoms in total. The lowest BCUT2D eigenvalue weighted by atomic mass is 9.77. The second-order valence-corrected chi connectivity index (χ2v) is 4.88. The molecule has 2 unspecified atom stereocenters. The highest BCUT2D eigenvalue weighted by Crippen LogP contribution is 2.34. The molecule has 0 fully saturated rings. The second kappa shape index (κ2) is 5.04. The average molecular weight is 287 g/mol. The number of thiazole rings is 1. The number of carbonyl (C=O) groups is 1. The fourth-order valence-electron chi connectivity index (χ4n) is 1.94. The quantitative estimate of drug-likeness (QED) is 0.910. The van der Waals surface area contributed by atoms with Crippen molar-refractivity contribution in [3.63, 3.8) is 0 Å². The SMILES string of the molecule is CC1(c2cscn2)C=C(OC(F)F)C=NC1C(N)=O. The summed E-state index contributed by atoms with van der Waals surface area (Å²) >= 11 is 1.33. The minimum absolute atomic E-state index is 0.108. The number of aromatic nitrogens is 1. The molecule has 2 rings (SSSR count). The third-order valence-electron chi connectivity index (χ3n) is 2.84. The molecule has 0 spiro atoms. The van der Waals surface area contributed by atoms with Gasteiger partial charge in [0.05, 0.1) is 22.8 Å². The molecular weight excluding hydrogens is 276 g/mol. The molecule has 1 aliphatic rings. The summed E-state index contributed by atoms with van der Waals surface area (Å²) in [7, 11) is 0. The molecule has 1 aromatic rings. The fraction of sp³-hybridized carbons (Fsp3) is 0.364. The lowest BCUT2D eigenvalue weighted by molar-refractivity contribution is -0.120. The van der Waals surface area contributed by atoms with Crippen LogP contribution in [0.2, 0.25) is 0 Å². The van der Waals surface area contributed by atoms with E-state index in [1.165, 1.54) is 17.4 Å². The molecule has 0 bridgehead atoms. The topological polar surface area (TPSA) is 77.6 Å². The Balaban J connectivity index is 2.42. The summed E-state index contributed by atoms with van der Waals surface area (Å²) in [4.78, 5) is 19.5. The Morgan fingerprint density at radius 1 is 1.63 bits per heavy atom. The van der Waals surface area contributed by atoms with Crippen LogP contribution in [0.5, 0.6) is 0 Å². The van der Waals surface area contributed by atoms with Gasteiger partial charge in [0.15, 0.2) is 0 Å². The summed E-state index contributed by atoms with van der Waals surface area (Å²) in [6, 6.07) is -0.903. The van der Waals surface area contributed by atoms with Crippen molar-refractivity contribution in [2.24, 2.45) is 10.7 Å². The molecule has 2 heterocycles. The van der Waals surface area contributed by atoms with E-state index in [0.29, 0.717) is 5.69 Å². The number of nitrogens with two attached hydrogens (primary N) is 1. The van der Waals surface area contributed by atoms with E-state index in [4.69, 9.17) is 5.73 Å². The number of rotatable bonds is 4. The van der Waals surface area contributed by atoms with E-state index in [1.54, 1.807) is 17.8 Å². The first-order valence-electron chi connectivity index (χ1n) is 5.32. The van der Waals surface area contributed by atoms with Crippen molar-refractivity contribution in [2.45, 2.75) is 25.0 Å². The molecule has 1 aliphatic heterocycles. The minimum atomic E-state index is -2.96. The zero-order valence-corrected chi connectivity index (χ0v) is 10.7. The minimum Gasteiger partial charge on any atom is -0.434 e. The Bertz CT molecular complexity index is 530. The van der Waals surface area contributed by atoms with Crippen LogP contribution in [0.3, 0.4) is 0 Å². The third-order valence-corrected chi connectivity index (χ3v) is 3.43. The Hall–Kier alpha value is -1.83. The maximum Gasteiger partial charge on any atom is 0.387 e. The van der Waals surface area contributed by atoms with Gasteiger partial charge in [-0.2, -0.15) is 8.78 Å². The number of carbonyl (C=O) groups excluding carboxylic acids is 1. The summed E-state index contributed by atoms with van der Waals surface area (Å²) in [5, 5.41) is 1.72. The average Bonchev–Trinajstić information content (AvgIpc) is 2.81. The molecule has 0 saturated heterocycles. The van der Waals surface area contributed by atoms with Crippen molar-refractivity contribution in [1.82, 2.24) is 4.98 Å². The maximum atomic E-state index is 12.2. The van der Waals surface area contributed by atoms with Gasteiger partial charge >= 0.3 is 6.61 Å². The largest absolute Gasteiger partial charge is 0.434 e. The Kier molecular flexibility index (Phi) is 3.61. The van der Waals surface area contributed by atoms with Gasteiger partial charge in [0.25, 0.3) is 0 Å². The number of halogens is 2. The molecule has 19 heavy (non-hydrogen) atoms. The zero-order valence-electron chi connectivity index (χ0n) is 9.92. The highest BCUT2D eigenvalue weighted by atomic mass is 32.1. The number of hydrogen-bond donors (Lipinski definition) is 1. The Morgan fingerprint density at radius 2 is 2.37 bits per heavy atom. The Morgan fingerprint density at radius 3 is 2.89 bits per heavy atom. The van der Waals surface area contributed by atoms with Gasteiger partial charge in [0.1, 0.15) is 11.8 Å². The van der Waals surface area contributed by atoms with Gasteiger partial charge in [-0.1, -0.05) is 0 Å². The first-order valence-corrected chi connectivity index (χ1v) is 6.26. The van der Waals surface area contributed by atoms with Gasteiger partial charge < -0.3 is 10.5 Å². The molecule has 2 atom stereocenters. The van der Waals surface area contributed by atoms with Crippen LogP contribution in [0.25, 0.3) is 0 Å². The summed E-state index contributed by atoms with van der Waals surface area (Å²) in [6.07, 6.45) is 2.48. The van der Waals surface area contributed by atoms with E-state index in [-0.39, 0.29) is 5.76 Å². The zero-order chi connectivity index (χ0) is 14.0. The van der Waals surface area contributed by atoms with Crippen LogP contribution in [0.4, 0.5) is 8.78 Å². The molecule has 1 aromatic heterocycles. The van der Waals surface area contributed by atoms with E-state index in [9.17, 15) is 13.6 Å². The van der Waals surface area contributed by atoms with Crippen LogP contribution < -0.4 is 5.73 Å². The van der Waals surface area contributed by atoms with Crippen molar-refractivity contribution < 1.29 is 18.3 Å². The molecule has 102 valence electrons. The summed E-state index contributed by atoms with van der Waals surface area (Å²) in [6.45, 7) is -1.30. The monoisotopic (exact) mass is 287 g/mol.